The Hall–Kier alpha value is -2.12. The highest BCUT2D eigenvalue weighted by molar-refractivity contribution is 7.13. The number of H-pyrrole nitrogens is 1. The molecule has 1 aromatic carbocycles. The Bertz CT molecular complexity index is 963. The molecule has 0 unspecified atom stereocenters. The molecule has 114 valence electrons. The second-order valence-corrected chi connectivity index (χ2v) is 6.57. The van der Waals surface area contributed by atoms with Crippen molar-refractivity contribution in [3.8, 4) is 0 Å². The molecule has 1 N–H and O–H groups in total. The number of nitrogens with zero attached hydrogens (tertiary/aromatic N) is 3. The van der Waals surface area contributed by atoms with Crippen LogP contribution in [0.25, 0.3) is 21.1 Å². The summed E-state index contributed by atoms with van der Waals surface area (Å²) in [6, 6.07) is 7.31. The zero-order valence-corrected chi connectivity index (χ0v) is 13.0. The van der Waals surface area contributed by atoms with E-state index in [1.165, 1.54) is 11.5 Å². The van der Waals surface area contributed by atoms with Crippen LogP contribution >= 0.6 is 11.5 Å². The highest BCUT2D eigenvalue weighted by Gasteiger charge is 2.20. The average molecular weight is 316 g/mol. The summed E-state index contributed by atoms with van der Waals surface area (Å²) in [6.45, 7) is 3.40. The molecule has 1 saturated heterocycles. The van der Waals surface area contributed by atoms with Gasteiger partial charge in [-0.05, 0) is 30.7 Å². The maximum atomic E-state index is 12.7. The Morgan fingerprint density at radius 2 is 1.82 bits per heavy atom. The minimum absolute atomic E-state index is 0.182. The van der Waals surface area contributed by atoms with E-state index in [-0.39, 0.29) is 16.4 Å². The lowest BCUT2D eigenvalue weighted by atomic mass is 10.2. The van der Waals surface area contributed by atoms with Crippen LogP contribution in [-0.2, 0) is 0 Å². The largest absolute Gasteiger partial charge is 0.345 e. The first kappa shape index (κ1) is 13.5. The maximum absolute atomic E-state index is 12.7. The van der Waals surface area contributed by atoms with Crippen LogP contribution in [0.3, 0.4) is 0 Å². The highest BCUT2D eigenvalue weighted by atomic mass is 32.1. The second kappa shape index (κ2) is 4.96. The van der Waals surface area contributed by atoms with E-state index in [1.807, 2.05) is 23.2 Å². The van der Waals surface area contributed by atoms with Crippen LogP contribution in [0.1, 0.15) is 0 Å². The molecular weight excluding hydrogens is 300 g/mol. The molecule has 4 rings (SSSR count). The number of fused-ring (bicyclic) bond motifs is 2. The van der Waals surface area contributed by atoms with E-state index < -0.39 is 0 Å². The van der Waals surface area contributed by atoms with Gasteiger partial charge in [-0.15, -0.1) is 0 Å². The van der Waals surface area contributed by atoms with Crippen molar-refractivity contribution in [1.29, 1.82) is 0 Å². The molecule has 22 heavy (non-hydrogen) atoms. The van der Waals surface area contributed by atoms with Crippen LogP contribution in [0.15, 0.2) is 33.9 Å². The fourth-order valence-electron chi connectivity index (χ4n) is 2.86. The SMILES string of the molecule is CN1CCN(n2sc3[nH]c4ccccc4c(=O)c3c2=O)CC1. The predicted molar refractivity (Wildman–Crippen MR) is 89.7 cm³/mol. The lowest BCUT2D eigenvalue weighted by Gasteiger charge is -2.33. The van der Waals surface area contributed by atoms with Gasteiger partial charge in [-0.1, -0.05) is 12.1 Å². The summed E-state index contributed by atoms with van der Waals surface area (Å²) in [7, 11) is 2.07. The molecule has 6 nitrogen and oxygen atoms in total. The van der Waals surface area contributed by atoms with E-state index in [0.717, 1.165) is 31.7 Å². The van der Waals surface area contributed by atoms with Crippen molar-refractivity contribution in [2.24, 2.45) is 0 Å². The maximum Gasteiger partial charge on any atom is 0.293 e. The number of rotatable bonds is 1. The van der Waals surface area contributed by atoms with Gasteiger partial charge < -0.3 is 9.88 Å². The molecular formula is C15H16N4O2S. The first-order valence-corrected chi connectivity index (χ1v) is 8.03. The van der Waals surface area contributed by atoms with Gasteiger partial charge in [0, 0.05) is 31.6 Å². The number of pyridine rings is 1. The Kier molecular flexibility index (Phi) is 3.05. The fourth-order valence-corrected chi connectivity index (χ4v) is 3.92. The number of nitrogens with one attached hydrogen (secondary N) is 1. The normalized spacial score (nSPS) is 16.7. The molecule has 2 aromatic heterocycles. The Morgan fingerprint density at radius 1 is 1.09 bits per heavy atom. The third-order valence-corrected chi connectivity index (χ3v) is 5.23. The molecule has 7 heteroatoms. The van der Waals surface area contributed by atoms with Crippen molar-refractivity contribution in [2.45, 2.75) is 0 Å². The highest BCUT2D eigenvalue weighted by Crippen LogP contribution is 2.17. The van der Waals surface area contributed by atoms with E-state index in [4.69, 9.17) is 0 Å². The van der Waals surface area contributed by atoms with Crippen LogP contribution in [0.2, 0.25) is 0 Å². The molecule has 1 aliphatic rings. The van der Waals surface area contributed by atoms with Gasteiger partial charge in [0.2, 0.25) is 5.43 Å². The molecule has 0 saturated carbocycles. The van der Waals surface area contributed by atoms with Crippen LogP contribution in [0.5, 0.6) is 0 Å². The molecule has 0 spiro atoms. The van der Waals surface area contributed by atoms with Crippen molar-refractivity contribution >= 4 is 32.7 Å². The Balaban J connectivity index is 1.93. The summed E-state index contributed by atoms with van der Waals surface area (Å²) < 4.78 is 1.63. The first-order valence-electron chi connectivity index (χ1n) is 7.26. The standard InChI is InChI=1S/C15H16N4O2S/c1-17-6-8-18(9-7-17)19-15(21)12-13(20)10-4-2-3-5-11(10)16-14(12)22-19/h2-5H,6-9H2,1H3,(H,16,20). The minimum atomic E-state index is -0.212. The minimum Gasteiger partial charge on any atom is -0.345 e. The predicted octanol–water partition coefficient (Wildman–Crippen LogP) is 0.788. The molecule has 1 aliphatic heterocycles. The van der Waals surface area contributed by atoms with Crippen molar-refractivity contribution in [3.63, 3.8) is 0 Å². The van der Waals surface area contributed by atoms with Gasteiger partial charge in [-0.3, -0.25) is 14.6 Å². The van der Waals surface area contributed by atoms with E-state index in [9.17, 15) is 9.59 Å². The lowest BCUT2D eigenvalue weighted by Crippen LogP contribution is -2.51. The smallest absolute Gasteiger partial charge is 0.293 e. The van der Waals surface area contributed by atoms with Crippen molar-refractivity contribution < 1.29 is 0 Å². The quantitative estimate of drug-likeness (QED) is 0.721. The first-order chi connectivity index (χ1) is 10.6. The van der Waals surface area contributed by atoms with E-state index in [0.29, 0.717) is 10.2 Å². The van der Waals surface area contributed by atoms with Gasteiger partial charge in [0.05, 0.1) is 5.52 Å². The van der Waals surface area contributed by atoms with Gasteiger partial charge in [0.25, 0.3) is 5.56 Å². The zero-order valence-electron chi connectivity index (χ0n) is 12.2. The summed E-state index contributed by atoms with van der Waals surface area (Å²) in [5.41, 5.74) is 0.377. The molecule has 0 atom stereocenters. The van der Waals surface area contributed by atoms with Gasteiger partial charge in [-0.25, -0.2) is 0 Å². The van der Waals surface area contributed by atoms with Gasteiger partial charge in [0.1, 0.15) is 10.2 Å². The van der Waals surface area contributed by atoms with Crippen LogP contribution < -0.4 is 16.0 Å². The summed E-state index contributed by atoms with van der Waals surface area (Å²) in [5, 5.41) is 2.85. The van der Waals surface area contributed by atoms with Crippen LogP contribution in [-0.4, -0.2) is 47.2 Å². The summed E-state index contributed by atoms with van der Waals surface area (Å²) in [4.78, 5) is 31.4. The van der Waals surface area contributed by atoms with Gasteiger partial charge >= 0.3 is 0 Å². The number of hydrogen-bond donors (Lipinski definition) is 1. The second-order valence-electron chi connectivity index (χ2n) is 5.63. The van der Waals surface area contributed by atoms with E-state index >= 15 is 0 Å². The van der Waals surface area contributed by atoms with Gasteiger partial charge in [-0.2, -0.15) is 4.07 Å². The number of hydrogen-bond acceptors (Lipinski definition) is 5. The summed E-state index contributed by atoms with van der Waals surface area (Å²) >= 11 is 1.32. The molecule has 3 heterocycles. The molecule has 3 aromatic rings. The van der Waals surface area contributed by atoms with Crippen LogP contribution in [0, 0.1) is 0 Å². The summed E-state index contributed by atoms with van der Waals surface area (Å²) in [5.74, 6) is 0. The average Bonchev–Trinajstić information content (AvgIpc) is 2.85. The summed E-state index contributed by atoms with van der Waals surface area (Å²) in [6.07, 6.45) is 0. The van der Waals surface area contributed by atoms with Crippen molar-refractivity contribution in [2.75, 3.05) is 38.2 Å². The number of benzene rings is 1. The fraction of sp³-hybridized carbons (Fsp3) is 0.333. The number of aromatic amines is 1. The Morgan fingerprint density at radius 3 is 2.59 bits per heavy atom. The Labute approximate surface area is 130 Å². The monoisotopic (exact) mass is 316 g/mol. The van der Waals surface area contributed by atoms with E-state index in [2.05, 4.69) is 16.9 Å². The number of likely N-dealkylation sites (N-methyl/N-ethyl adjacent to an activating group) is 1. The molecule has 0 aliphatic carbocycles. The van der Waals surface area contributed by atoms with Crippen molar-refractivity contribution in [3.05, 3.63) is 44.8 Å². The zero-order chi connectivity index (χ0) is 15.3. The number of para-hydroxylation sites is 1. The molecule has 0 radical (unpaired) electrons. The van der Waals surface area contributed by atoms with E-state index in [1.54, 1.807) is 10.1 Å². The third kappa shape index (κ3) is 1.97. The van der Waals surface area contributed by atoms with Crippen LogP contribution in [0.4, 0.5) is 0 Å². The van der Waals surface area contributed by atoms with Crippen molar-refractivity contribution in [1.82, 2.24) is 13.9 Å². The topological polar surface area (TPSA) is 61.3 Å². The lowest BCUT2D eigenvalue weighted by molar-refractivity contribution is 0.291. The molecule has 0 amide bonds. The van der Waals surface area contributed by atoms with Gasteiger partial charge in [0.15, 0.2) is 0 Å². The molecule has 0 bridgehead atoms. The number of aromatic nitrogens is 2. The molecule has 1 fully saturated rings. The number of piperazine rings is 1. The third-order valence-electron chi connectivity index (χ3n) is 4.18.